The number of carbonyl (C=O) groups is 2. The monoisotopic (exact) mass is 385 g/mol. The van der Waals surface area contributed by atoms with Gasteiger partial charge in [0.05, 0.1) is 12.1 Å². The van der Waals surface area contributed by atoms with E-state index in [1.54, 1.807) is 13.2 Å². The lowest BCUT2D eigenvalue weighted by molar-refractivity contribution is 0.0546. The van der Waals surface area contributed by atoms with Crippen LogP contribution in [0.2, 0.25) is 0 Å². The number of methoxy groups -OCH3 is 1. The first-order valence-electron chi connectivity index (χ1n) is 9.01. The minimum atomic E-state index is -1.07. The van der Waals surface area contributed by atoms with Crippen LogP contribution in [0.5, 0.6) is 0 Å². The summed E-state index contributed by atoms with van der Waals surface area (Å²) < 4.78 is 10.8. The molecule has 148 valence electrons. The highest BCUT2D eigenvalue weighted by atomic mass is 16.5. The molecule has 2 atom stereocenters. The molecule has 3 rings (SSSR count). The normalized spacial score (nSPS) is 19.1. The largest absolute Gasteiger partial charge is 0.477 e. The number of carbonyl (C=O) groups excluding carboxylic acids is 1. The second kappa shape index (κ2) is 9.18. The SMILES string of the molecule is CO[C@H]1CN(c2ccnc(C(=O)O)c2)CC[C@H]1NC(=O)OCc1ccccc1. The number of nitrogens with one attached hydrogen (secondary N) is 1. The lowest BCUT2D eigenvalue weighted by Gasteiger charge is -2.39. The number of aromatic nitrogens is 1. The maximum atomic E-state index is 12.1. The van der Waals surface area contributed by atoms with E-state index < -0.39 is 12.1 Å². The summed E-state index contributed by atoms with van der Waals surface area (Å²) in [5.74, 6) is -1.07. The highest BCUT2D eigenvalue weighted by Crippen LogP contribution is 2.22. The average molecular weight is 385 g/mol. The Hall–Kier alpha value is -3.13. The quantitative estimate of drug-likeness (QED) is 0.787. The predicted molar refractivity (Wildman–Crippen MR) is 102 cm³/mol. The number of pyridine rings is 1. The summed E-state index contributed by atoms with van der Waals surface area (Å²) in [7, 11) is 1.59. The Bertz CT molecular complexity index is 814. The summed E-state index contributed by atoms with van der Waals surface area (Å²) in [5.41, 5.74) is 1.68. The van der Waals surface area contributed by atoms with E-state index in [1.165, 1.54) is 12.3 Å². The Labute approximate surface area is 163 Å². The maximum Gasteiger partial charge on any atom is 0.407 e. The van der Waals surface area contributed by atoms with Crippen LogP contribution in [-0.4, -0.2) is 54.5 Å². The highest BCUT2D eigenvalue weighted by molar-refractivity contribution is 5.86. The number of alkyl carbamates (subject to hydrolysis) is 1. The van der Waals surface area contributed by atoms with Gasteiger partial charge < -0.3 is 24.8 Å². The number of benzene rings is 1. The van der Waals surface area contributed by atoms with Crippen LogP contribution >= 0.6 is 0 Å². The van der Waals surface area contributed by atoms with Gasteiger partial charge in [-0.2, -0.15) is 0 Å². The number of carboxylic acid groups (broad SMARTS) is 1. The molecule has 0 aliphatic carbocycles. The molecule has 1 aliphatic rings. The molecule has 0 radical (unpaired) electrons. The molecule has 0 spiro atoms. The molecule has 1 aromatic heterocycles. The number of amides is 1. The fourth-order valence-corrected chi connectivity index (χ4v) is 3.20. The Morgan fingerprint density at radius 3 is 2.79 bits per heavy atom. The number of piperidine rings is 1. The Kier molecular flexibility index (Phi) is 6.44. The van der Waals surface area contributed by atoms with E-state index in [-0.39, 0.29) is 24.4 Å². The van der Waals surface area contributed by atoms with Gasteiger partial charge in [0.2, 0.25) is 0 Å². The van der Waals surface area contributed by atoms with Gasteiger partial charge in [-0.15, -0.1) is 0 Å². The third kappa shape index (κ3) is 4.98. The van der Waals surface area contributed by atoms with Gasteiger partial charge in [-0.3, -0.25) is 0 Å². The molecule has 2 aromatic rings. The van der Waals surface area contributed by atoms with Crippen LogP contribution in [0.3, 0.4) is 0 Å². The van der Waals surface area contributed by atoms with Crippen molar-refractivity contribution in [3.63, 3.8) is 0 Å². The van der Waals surface area contributed by atoms with Gasteiger partial charge >= 0.3 is 12.1 Å². The van der Waals surface area contributed by atoms with Crippen LogP contribution in [0.25, 0.3) is 0 Å². The van der Waals surface area contributed by atoms with Crippen molar-refractivity contribution in [1.29, 1.82) is 0 Å². The fraction of sp³-hybridized carbons (Fsp3) is 0.350. The molecule has 8 nitrogen and oxygen atoms in total. The van der Waals surface area contributed by atoms with E-state index in [0.717, 1.165) is 11.3 Å². The molecule has 8 heteroatoms. The second-order valence-electron chi connectivity index (χ2n) is 6.53. The number of hydrogen-bond acceptors (Lipinski definition) is 6. The summed E-state index contributed by atoms with van der Waals surface area (Å²) >= 11 is 0. The van der Waals surface area contributed by atoms with Crippen LogP contribution in [0.15, 0.2) is 48.7 Å². The minimum absolute atomic E-state index is 0.00351. The summed E-state index contributed by atoms with van der Waals surface area (Å²) in [6.45, 7) is 1.37. The van der Waals surface area contributed by atoms with Crippen LogP contribution in [-0.2, 0) is 16.1 Å². The third-order valence-corrected chi connectivity index (χ3v) is 4.71. The zero-order valence-electron chi connectivity index (χ0n) is 15.6. The lowest BCUT2D eigenvalue weighted by atomic mass is 10.0. The molecule has 0 unspecified atom stereocenters. The summed E-state index contributed by atoms with van der Waals surface area (Å²) in [6.07, 6.45) is 1.39. The molecular formula is C20H23N3O5. The standard InChI is InChI=1S/C20H23N3O5/c1-27-18-12-23(15-7-9-21-17(11-15)19(24)25)10-8-16(18)22-20(26)28-13-14-5-3-2-4-6-14/h2-7,9,11,16,18H,8,10,12-13H2,1H3,(H,22,26)(H,24,25)/t16-,18+/m1/s1. The summed E-state index contributed by atoms with van der Waals surface area (Å²) in [4.78, 5) is 29.1. The molecule has 1 aliphatic heterocycles. The number of aromatic carboxylic acids is 1. The first-order chi connectivity index (χ1) is 13.6. The molecule has 2 N–H and O–H groups in total. The van der Waals surface area contributed by atoms with Crippen molar-refractivity contribution in [3.05, 3.63) is 59.9 Å². The van der Waals surface area contributed by atoms with E-state index in [4.69, 9.17) is 14.6 Å². The number of ether oxygens (including phenoxy) is 2. The average Bonchev–Trinajstić information content (AvgIpc) is 2.73. The van der Waals surface area contributed by atoms with Crippen molar-refractivity contribution >= 4 is 17.7 Å². The van der Waals surface area contributed by atoms with Gasteiger partial charge in [0.25, 0.3) is 0 Å². The van der Waals surface area contributed by atoms with Crippen LogP contribution in [0.1, 0.15) is 22.5 Å². The molecule has 0 bridgehead atoms. The number of anilines is 1. The summed E-state index contributed by atoms with van der Waals surface area (Å²) in [5, 5.41) is 12.0. The van der Waals surface area contributed by atoms with E-state index in [1.807, 2.05) is 35.2 Å². The van der Waals surface area contributed by atoms with E-state index in [9.17, 15) is 9.59 Å². The van der Waals surface area contributed by atoms with Gasteiger partial charge in [0, 0.05) is 32.1 Å². The van der Waals surface area contributed by atoms with Crippen molar-refractivity contribution in [2.24, 2.45) is 0 Å². The van der Waals surface area contributed by atoms with Gasteiger partial charge in [-0.05, 0) is 24.1 Å². The Balaban J connectivity index is 1.56. The molecule has 1 fully saturated rings. The van der Waals surface area contributed by atoms with Crippen molar-refractivity contribution in [3.8, 4) is 0 Å². The summed E-state index contributed by atoms with van der Waals surface area (Å²) in [6, 6.07) is 12.6. The molecule has 1 amide bonds. The number of rotatable bonds is 6. The lowest BCUT2D eigenvalue weighted by Crippen LogP contribution is -2.55. The molecule has 1 aromatic carbocycles. The van der Waals surface area contributed by atoms with Crippen LogP contribution in [0, 0.1) is 0 Å². The topological polar surface area (TPSA) is 101 Å². The molecule has 2 heterocycles. The van der Waals surface area contributed by atoms with Gasteiger partial charge in [-0.25, -0.2) is 14.6 Å². The minimum Gasteiger partial charge on any atom is -0.477 e. The van der Waals surface area contributed by atoms with Gasteiger partial charge in [-0.1, -0.05) is 30.3 Å². The highest BCUT2D eigenvalue weighted by Gasteiger charge is 2.31. The van der Waals surface area contributed by atoms with Crippen molar-refractivity contribution in [2.45, 2.75) is 25.2 Å². The molecule has 0 saturated carbocycles. The predicted octanol–water partition coefficient (Wildman–Crippen LogP) is 2.30. The first kappa shape index (κ1) is 19.6. The maximum absolute atomic E-state index is 12.1. The van der Waals surface area contributed by atoms with Crippen molar-refractivity contribution in [1.82, 2.24) is 10.3 Å². The number of carboxylic acids is 1. The van der Waals surface area contributed by atoms with Crippen molar-refractivity contribution in [2.75, 3.05) is 25.1 Å². The number of nitrogens with zero attached hydrogens (tertiary/aromatic N) is 2. The zero-order chi connectivity index (χ0) is 19.9. The Morgan fingerprint density at radius 2 is 2.07 bits per heavy atom. The van der Waals surface area contributed by atoms with E-state index >= 15 is 0 Å². The molecule has 1 saturated heterocycles. The third-order valence-electron chi connectivity index (χ3n) is 4.71. The van der Waals surface area contributed by atoms with E-state index in [0.29, 0.717) is 19.5 Å². The zero-order valence-corrected chi connectivity index (χ0v) is 15.6. The fourth-order valence-electron chi connectivity index (χ4n) is 3.20. The first-order valence-corrected chi connectivity index (χ1v) is 9.01. The Morgan fingerprint density at radius 1 is 1.29 bits per heavy atom. The smallest absolute Gasteiger partial charge is 0.407 e. The van der Waals surface area contributed by atoms with Crippen LogP contribution in [0.4, 0.5) is 10.5 Å². The molecular weight excluding hydrogens is 362 g/mol. The van der Waals surface area contributed by atoms with Crippen molar-refractivity contribution < 1.29 is 24.2 Å². The van der Waals surface area contributed by atoms with Gasteiger partial charge in [0.1, 0.15) is 12.3 Å². The number of hydrogen-bond donors (Lipinski definition) is 2. The second-order valence-corrected chi connectivity index (χ2v) is 6.53. The van der Waals surface area contributed by atoms with E-state index in [2.05, 4.69) is 10.3 Å². The van der Waals surface area contributed by atoms with Crippen LogP contribution < -0.4 is 10.2 Å². The molecule has 28 heavy (non-hydrogen) atoms. The van der Waals surface area contributed by atoms with Gasteiger partial charge in [0.15, 0.2) is 0 Å².